The zero-order chi connectivity index (χ0) is 13.2. The molecule has 0 amide bonds. The monoisotopic (exact) mass is 342 g/mol. The number of nitrogens with one attached hydrogen (secondary N) is 1. The van der Waals surface area contributed by atoms with Crippen LogP contribution >= 0.6 is 27.3 Å². The maximum atomic E-state index is 3.68. The van der Waals surface area contributed by atoms with Crippen LogP contribution in [0.2, 0.25) is 0 Å². The van der Waals surface area contributed by atoms with E-state index in [0.717, 1.165) is 12.0 Å². The maximum absolute atomic E-state index is 3.68. The largest absolute Gasteiger partial charge is 0.314 e. The van der Waals surface area contributed by atoms with Crippen LogP contribution in [0, 0.1) is 5.92 Å². The number of thiophene rings is 1. The van der Waals surface area contributed by atoms with Gasteiger partial charge in [-0.2, -0.15) is 0 Å². The van der Waals surface area contributed by atoms with Gasteiger partial charge in [-0.05, 0) is 86.2 Å². The van der Waals surface area contributed by atoms with Crippen LogP contribution in [0.3, 0.4) is 0 Å². The van der Waals surface area contributed by atoms with E-state index in [2.05, 4.69) is 45.2 Å². The van der Waals surface area contributed by atoms with Crippen molar-refractivity contribution in [2.75, 3.05) is 19.6 Å². The average Bonchev–Trinajstić information content (AvgIpc) is 3.09. The molecule has 2 saturated heterocycles. The normalized spacial score (nSPS) is 27.8. The van der Waals surface area contributed by atoms with Gasteiger partial charge in [0.15, 0.2) is 0 Å². The molecular weight excluding hydrogens is 320 g/mol. The minimum absolute atomic E-state index is 0.578. The van der Waals surface area contributed by atoms with Crippen molar-refractivity contribution in [2.45, 2.75) is 44.7 Å². The van der Waals surface area contributed by atoms with Gasteiger partial charge < -0.3 is 5.32 Å². The van der Waals surface area contributed by atoms with Crippen LogP contribution in [0.1, 0.15) is 43.5 Å². The van der Waals surface area contributed by atoms with E-state index in [4.69, 9.17) is 0 Å². The number of halogens is 1. The van der Waals surface area contributed by atoms with Crippen molar-refractivity contribution in [3.63, 3.8) is 0 Å². The van der Waals surface area contributed by atoms with Gasteiger partial charge in [-0.25, -0.2) is 0 Å². The summed E-state index contributed by atoms with van der Waals surface area (Å²) in [6, 6.07) is 5.83. The predicted molar refractivity (Wildman–Crippen MR) is 85.8 cm³/mol. The van der Waals surface area contributed by atoms with Gasteiger partial charge in [0.2, 0.25) is 0 Å². The first-order chi connectivity index (χ1) is 9.24. The third-order valence-electron chi connectivity index (χ3n) is 4.80. The van der Waals surface area contributed by atoms with E-state index in [1.165, 1.54) is 54.0 Å². The van der Waals surface area contributed by atoms with E-state index in [9.17, 15) is 0 Å². The first-order valence-corrected chi connectivity index (χ1v) is 9.07. The van der Waals surface area contributed by atoms with Crippen LogP contribution in [-0.2, 0) is 0 Å². The lowest BCUT2D eigenvalue weighted by Gasteiger charge is -2.37. The molecule has 3 rings (SSSR count). The lowest BCUT2D eigenvalue weighted by atomic mass is 9.88. The van der Waals surface area contributed by atoms with Crippen molar-refractivity contribution in [3.8, 4) is 0 Å². The second-order valence-corrected chi connectivity index (χ2v) is 8.39. The molecule has 3 heterocycles. The van der Waals surface area contributed by atoms with Gasteiger partial charge in [0.1, 0.15) is 0 Å². The van der Waals surface area contributed by atoms with E-state index in [1.54, 1.807) is 0 Å². The molecule has 106 valence electrons. The summed E-state index contributed by atoms with van der Waals surface area (Å²) in [5.74, 6) is 0.918. The Kier molecular flexibility index (Phi) is 4.62. The topological polar surface area (TPSA) is 15.3 Å². The molecule has 4 heteroatoms. The number of piperidine rings is 1. The predicted octanol–water partition coefficient (Wildman–Crippen LogP) is 4.04. The summed E-state index contributed by atoms with van der Waals surface area (Å²) in [5, 5.41) is 3.68. The number of nitrogens with zero attached hydrogens (tertiary/aromatic N) is 1. The molecule has 0 spiro atoms. The fourth-order valence-corrected chi connectivity index (χ4v) is 5.07. The zero-order valence-corrected chi connectivity index (χ0v) is 14.0. The van der Waals surface area contributed by atoms with Gasteiger partial charge in [-0.15, -0.1) is 11.3 Å². The van der Waals surface area contributed by atoms with Gasteiger partial charge in [0, 0.05) is 17.0 Å². The molecule has 1 aromatic heterocycles. The molecular formula is C15H23BrN2S. The van der Waals surface area contributed by atoms with Crippen molar-refractivity contribution in [1.29, 1.82) is 0 Å². The lowest BCUT2D eigenvalue weighted by Crippen LogP contribution is -2.41. The molecule has 2 fully saturated rings. The third-order valence-corrected chi connectivity index (χ3v) is 6.59. The summed E-state index contributed by atoms with van der Waals surface area (Å²) in [6.07, 6.45) is 5.52. The molecule has 0 saturated carbocycles. The molecule has 2 aliphatic rings. The van der Waals surface area contributed by atoms with Crippen molar-refractivity contribution in [2.24, 2.45) is 5.92 Å². The van der Waals surface area contributed by atoms with Crippen molar-refractivity contribution < 1.29 is 0 Å². The molecule has 19 heavy (non-hydrogen) atoms. The standard InChI is InChI=1S/C15H23BrN2S/c1-11(14-4-5-15(16)19-14)18-9-6-12(7-10-18)13-3-2-8-17-13/h4-5,11-13,17H,2-3,6-10H2,1H3. The Morgan fingerprint density at radius 2 is 2.11 bits per heavy atom. The maximum Gasteiger partial charge on any atom is 0.0701 e. The van der Waals surface area contributed by atoms with Gasteiger partial charge in [0.05, 0.1) is 3.79 Å². The van der Waals surface area contributed by atoms with Gasteiger partial charge >= 0.3 is 0 Å². The van der Waals surface area contributed by atoms with Crippen LogP contribution in [0.15, 0.2) is 15.9 Å². The summed E-state index contributed by atoms with van der Waals surface area (Å²) >= 11 is 5.45. The van der Waals surface area contributed by atoms with E-state index < -0.39 is 0 Å². The van der Waals surface area contributed by atoms with E-state index in [-0.39, 0.29) is 0 Å². The number of rotatable bonds is 3. The Labute approximate surface area is 128 Å². The smallest absolute Gasteiger partial charge is 0.0701 e. The Morgan fingerprint density at radius 1 is 1.32 bits per heavy atom. The molecule has 1 N–H and O–H groups in total. The highest BCUT2D eigenvalue weighted by Crippen LogP contribution is 2.34. The van der Waals surface area contributed by atoms with E-state index in [0.29, 0.717) is 6.04 Å². The highest BCUT2D eigenvalue weighted by atomic mass is 79.9. The second kappa shape index (κ2) is 6.25. The first kappa shape index (κ1) is 14.1. The van der Waals surface area contributed by atoms with E-state index >= 15 is 0 Å². The fraction of sp³-hybridized carbons (Fsp3) is 0.733. The fourth-order valence-electron chi connectivity index (χ4n) is 3.56. The quantitative estimate of drug-likeness (QED) is 0.891. The highest BCUT2D eigenvalue weighted by Gasteiger charge is 2.30. The van der Waals surface area contributed by atoms with Gasteiger partial charge in [-0.1, -0.05) is 0 Å². The lowest BCUT2D eigenvalue weighted by molar-refractivity contribution is 0.128. The number of hydrogen-bond acceptors (Lipinski definition) is 3. The van der Waals surface area contributed by atoms with Crippen LogP contribution in [0.4, 0.5) is 0 Å². The van der Waals surface area contributed by atoms with E-state index in [1.807, 2.05) is 11.3 Å². The minimum atomic E-state index is 0.578. The van der Waals surface area contributed by atoms with Crippen LogP contribution in [0.5, 0.6) is 0 Å². The Bertz CT molecular complexity index is 406. The van der Waals surface area contributed by atoms with Gasteiger partial charge in [-0.3, -0.25) is 4.90 Å². The summed E-state index contributed by atoms with van der Waals surface area (Å²) < 4.78 is 1.25. The Balaban J connectivity index is 1.54. The molecule has 0 aliphatic carbocycles. The summed E-state index contributed by atoms with van der Waals surface area (Å²) in [5.41, 5.74) is 0. The number of hydrogen-bond donors (Lipinski definition) is 1. The molecule has 2 nitrogen and oxygen atoms in total. The third kappa shape index (κ3) is 3.23. The minimum Gasteiger partial charge on any atom is -0.314 e. The number of likely N-dealkylation sites (tertiary alicyclic amines) is 1. The molecule has 0 bridgehead atoms. The summed E-state index contributed by atoms with van der Waals surface area (Å²) in [4.78, 5) is 4.15. The summed E-state index contributed by atoms with van der Waals surface area (Å²) in [6.45, 7) is 6.12. The second-order valence-electron chi connectivity index (χ2n) is 5.89. The first-order valence-electron chi connectivity index (χ1n) is 7.46. The molecule has 0 aromatic carbocycles. The Hall–Kier alpha value is 0.1000. The average molecular weight is 343 g/mol. The summed E-state index contributed by atoms with van der Waals surface area (Å²) in [7, 11) is 0. The van der Waals surface area contributed by atoms with Gasteiger partial charge in [0.25, 0.3) is 0 Å². The molecule has 2 unspecified atom stereocenters. The highest BCUT2D eigenvalue weighted by molar-refractivity contribution is 9.11. The molecule has 1 aromatic rings. The van der Waals surface area contributed by atoms with Crippen LogP contribution in [0.25, 0.3) is 0 Å². The van der Waals surface area contributed by atoms with Crippen LogP contribution in [-0.4, -0.2) is 30.6 Å². The van der Waals surface area contributed by atoms with Crippen LogP contribution < -0.4 is 5.32 Å². The SMILES string of the molecule is CC(c1ccc(Br)s1)N1CCC(C2CCCN2)CC1. The van der Waals surface area contributed by atoms with Crippen molar-refractivity contribution in [1.82, 2.24) is 10.2 Å². The molecule has 2 aliphatic heterocycles. The van der Waals surface area contributed by atoms with Crippen molar-refractivity contribution >= 4 is 27.3 Å². The molecule has 0 radical (unpaired) electrons. The zero-order valence-electron chi connectivity index (χ0n) is 11.6. The molecule has 2 atom stereocenters. The Morgan fingerprint density at radius 3 is 2.68 bits per heavy atom. The van der Waals surface area contributed by atoms with Crippen molar-refractivity contribution in [3.05, 3.63) is 20.8 Å².